The van der Waals surface area contributed by atoms with Gasteiger partial charge in [-0.25, -0.2) is 4.39 Å². The molecule has 2 aliphatic rings. The molecule has 2 heterocycles. The summed E-state index contributed by atoms with van der Waals surface area (Å²) in [6.45, 7) is 1.65. The first-order valence-corrected chi connectivity index (χ1v) is 7.81. The molecule has 0 saturated carbocycles. The number of carbonyl (C=O) groups excluding carboxylic acids is 1. The van der Waals surface area contributed by atoms with Gasteiger partial charge >= 0.3 is 0 Å². The van der Waals surface area contributed by atoms with Gasteiger partial charge in [0, 0.05) is 24.9 Å². The van der Waals surface area contributed by atoms with Crippen molar-refractivity contribution in [1.29, 1.82) is 0 Å². The van der Waals surface area contributed by atoms with E-state index in [4.69, 9.17) is 0 Å². The van der Waals surface area contributed by atoms with E-state index in [2.05, 4.69) is 28.5 Å². The van der Waals surface area contributed by atoms with Crippen LogP contribution < -0.4 is 5.32 Å². The lowest BCUT2D eigenvalue weighted by atomic mass is 9.83. The maximum atomic E-state index is 13.4. The quantitative estimate of drug-likeness (QED) is 0.918. The second-order valence-electron chi connectivity index (χ2n) is 6.06. The molecular weight excluding hydrogens is 291 g/mol. The molecule has 1 atom stereocenters. The van der Waals surface area contributed by atoms with Gasteiger partial charge in [-0.1, -0.05) is 30.3 Å². The normalized spacial score (nSPS) is 19.5. The molecular formula is C19H17FN2O. The summed E-state index contributed by atoms with van der Waals surface area (Å²) >= 11 is 0. The van der Waals surface area contributed by atoms with E-state index in [-0.39, 0.29) is 17.6 Å². The number of rotatable bonds is 2. The van der Waals surface area contributed by atoms with E-state index in [1.807, 2.05) is 18.2 Å². The van der Waals surface area contributed by atoms with Gasteiger partial charge < -0.3 is 10.2 Å². The second kappa shape index (κ2) is 5.54. The number of carbonyl (C=O) groups is 1. The first-order chi connectivity index (χ1) is 11.2. The Morgan fingerprint density at radius 3 is 2.83 bits per heavy atom. The average molecular weight is 308 g/mol. The molecule has 0 spiro atoms. The van der Waals surface area contributed by atoms with Crippen molar-refractivity contribution in [2.45, 2.75) is 13.0 Å². The zero-order valence-corrected chi connectivity index (χ0v) is 12.6. The molecule has 2 aliphatic heterocycles. The molecule has 2 aromatic carbocycles. The highest BCUT2D eigenvalue weighted by Crippen LogP contribution is 2.39. The molecule has 4 rings (SSSR count). The molecule has 4 heteroatoms. The highest BCUT2D eigenvalue weighted by molar-refractivity contribution is 6.07. The predicted octanol–water partition coefficient (Wildman–Crippen LogP) is 3.64. The summed E-state index contributed by atoms with van der Waals surface area (Å²) in [7, 11) is 0. The van der Waals surface area contributed by atoms with Crippen molar-refractivity contribution in [3.8, 4) is 0 Å². The molecule has 1 amide bonds. The summed E-state index contributed by atoms with van der Waals surface area (Å²) in [6, 6.07) is 14.9. The Hall–Kier alpha value is -2.62. The molecule has 116 valence electrons. The molecule has 0 fully saturated rings. The molecule has 3 nitrogen and oxygen atoms in total. The maximum absolute atomic E-state index is 13.4. The van der Waals surface area contributed by atoms with Gasteiger partial charge in [-0.2, -0.15) is 0 Å². The van der Waals surface area contributed by atoms with E-state index in [1.54, 1.807) is 6.07 Å². The Bertz CT molecular complexity index is 785. The van der Waals surface area contributed by atoms with E-state index in [0.29, 0.717) is 5.69 Å². The van der Waals surface area contributed by atoms with Crippen molar-refractivity contribution in [2.24, 2.45) is 5.92 Å². The minimum atomic E-state index is -0.333. The van der Waals surface area contributed by atoms with Crippen LogP contribution >= 0.6 is 0 Å². The third kappa shape index (κ3) is 2.61. The van der Waals surface area contributed by atoms with Crippen molar-refractivity contribution in [2.75, 3.05) is 11.9 Å². The average Bonchev–Trinajstić information content (AvgIpc) is 2.55. The number of fused-ring (bicyclic) bond motifs is 3. The van der Waals surface area contributed by atoms with Crippen molar-refractivity contribution in [1.82, 2.24) is 4.90 Å². The molecule has 0 bridgehead atoms. The van der Waals surface area contributed by atoms with Crippen LogP contribution in [-0.4, -0.2) is 17.4 Å². The van der Waals surface area contributed by atoms with E-state index < -0.39 is 0 Å². The fourth-order valence-electron chi connectivity index (χ4n) is 3.37. The molecule has 2 aromatic rings. The molecule has 23 heavy (non-hydrogen) atoms. The van der Waals surface area contributed by atoms with Crippen LogP contribution in [0, 0.1) is 11.7 Å². The van der Waals surface area contributed by atoms with E-state index >= 15 is 0 Å². The van der Waals surface area contributed by atoms with E-state index in [9.17, 15) is 9.18 Å². The highest BCUT2D eigenvalue weighted by Gasteiger charge is 2.34. The Morgan fingerprint density at radius 2 is 2.00 bits per heavy atom. The Morgan fingerprint density at radius 1 is 1.17 bits per heavy atom. The molecule has 0 aromatic heterocycles. The molecule has 0 radical (unpaired) electrons. The van der Waals surface area contributed by atoms with Crippen LogP contribution in [-0.2, 0) is 11.3 Å². The fourth-order valence-corrected chi connectivity index (χ4v) is 3.37. The molecule has 1 unspecified atom stereocenters. The molecule has 1 N–H and O–H groups in total. The number of nitrogens with one attached hydrogen (secondary N) is 1. The van der Waals surface area contributed by atoms with Gasteiger partial charge in [0.25, 0.3) is 0 Å². The lowest BCUT2D eigenvalue weighted by Crippen LogP contribution is -2.36. The van der Waals surface area contributed by atoms with Crippen molar-refractivity contribution >= 4 is 17.2 Å². The summed E-state index contributed by atoms with van der Waals surface area (Å²) in [5.41, 5.74) is 3.72. The smallest absolute Gasteiger partial charge is 0.232 e. The fraction of sp³-hybridized carbons (Fsp3) is 0.211. The minimum absolute atomic E-state index is 0.0336. The standard InChI is InChI=1S/C19H17FN2O/c20-14-6-7-15-17-12-22(11-13-4-2-1-3-5-13)9-8-16(17)19(23)21-18(15)10-14/h1-7,10,12,16H,8-9,11H2,(H,21,23). The van der Waals surface area contributed by atoms with E-state index in [0.717, 1.165) is 30.6 Å². The topological polar surface area (TPSA) is 32.3 Å². The summed E-state index contributed by atoms with van der Waals surface area (Å²) in [5.74, 6) is -0.506. The number of hydrogen-bond donors (Lipinski definition) is 1. The van der Waals surface area contributed by atoms with Crippen molar-refractivity contribution < 1.29 is 9.18 Å². The van der Waals surface area contributed by atoms with Crippen LogP contribution in [0.5, 0.6) is 0 Å². The van der Waals surface area contributed by atoms with E-state index in [1.165, 1.54) is 17.7 Å². The minimum Gasteiger partial charge on any atom is -0.373 e. The van der Waals surface area contributed by atoms with Crippen LogP contribution in [0.4, 0.5) is 10.1 Å². The van der Waals surface area contributed by atoms with Gasteiger partial charge in [-0.15, -0.1) is 0 Å². The number of anilines is 1. The number of nitrogens with zero attached hydrogens (tertiary/aromatic N) is 1. The van der Waals surface area contributed by atoms with Crippen LogP contribution in [0.2, 0.25) is 0 Å². The second-order valence-corrected chi connectivity index (χ2v) is 6.06. The van der Waals surface area contributed by atoms with Gasteiger partial charge in [0.05, 0.1) is 11.6 Å². The molecule has 0 aliphatic carbocycles. The predicted molar refractivity (Wildman–Crippen MR) is 88.0 cm³/mol. The van der Waals surface area contributed by atoms with Crippen molar-refractivity contribution in [3.05, 3.63) is 71.7 Å². The Labute approximate surface area is 134 Å². The number of hydrogen-bond acceptors (Lipinski definition) is 2. The number of halogens is 1. The van der Waals surface area contributed by atoms with Crippen LogP contribution in [0.15, 0.2) is 54.7 Å². The zero-order valence-electron chi connectivity index (χ0n) is 12.6. The van der Waals surface area contributed by atoms with Gasteiger partial charge in [-0.3, -0.25) is 4.79 Å². The SMILES string of the molecule is O=C1Nc2cc(F)ccc2C2=CN(Cc3ccccc3)CCC12. The highest BCUT2D eigenvalue weighted by atomic mass is 19.1. The third-order valence-corrected chi connectivity index (χ3v) is 4.50. The van der Waals surface area contributed by atoms with Crippen LogP contribution in [0.3, 0.4) is 0 Å². The third-order valence-electron chi connectivity index (χ3n) is 4.50. The van der Waals surface area contributed by atoms with Crippen molar-refractivity contribution in [3.63, 3.8) is 0 Å². The first kappa shape index (κ1) is 14.0. The largest absolute Gasteiger partial charge is 0.373 e. The Kier molecular flexibility index (Phi) is 3.37. The first-order valence-electron chi connectivity index (χ1n) is 7.81. The summed E-state index contributed by atoms with van der Waals surface area (Å²) in [4.78, 5) is 14.5. The lowest BCUT2D eigenvalue weighted by Gasteiger charge is -2.35. The van der Waals surface area contributed by atoms with Gasteiger partial charge in [0.1, 0.15) is 5.82 Å². The summed E-state index contributed by atoms with van der Waals surface area (Å²) in [6.07, 6.45) is 2.85. The Balaban J connectivity index is 1.69. The number of benzene rings is 2. The number of amides is 1. The van der Waals surface area contributed by atoms with Gasteiger partial charge in [0.2, 0.25) is 5.91 Å². The summed E-state index contributed by atoms with van der Waals surface area (Å²) < 4.78 is 13.4. The van der Waals surface area contributed by atoms with Crippen LogP contribution in [0.25, 0.3) is 5.57 Å². The zero-order chi connectivity index (χ0) is 15.8. The van der Waals surface area contributed by atoms with Gasteiger partial charge in [0.15, 0.2) is 0 Å². The lowest BCUT2D eigenvalue weighted by molar-refractivity contribution is -0.118. The van der Waals surface area contributed by atoms with Gasteiger partial charge in [-0.05, 0) is 35.8 Å². The molecule has 0 saturated heterocycles. The summed E-state index contributed by atoms with van der Waals surface area (Å²) in [5, 5.41) is 2.83. The maximum Gasteiger partial charge on any atom is 0.232 e. The van der Waals surface area contributed by atoms with Crippen LogP contribution in [0.1, 0.15) is 17.5 Å². The monoisotopic (exact) mass is 308 g/mol.